The molecular formula is C92H98Cl8N20O4. The van der Waals surface area contributed by atoms with Crippen LogP contribution in [0, 0.1) is 27.7 Å². The van der Waals surface area contributed by atoms with Crippen LogP contribution in [0.15, 0.2) is 170 Å². The average Bonchev–Trinajstić information content (AvgIpc) is 1.01. The standard InChI is InChI=1S/C25H27Cl2N5O.C23H25Cl2N5O.2C22H23Cl2N5O/c1-16-24(18-5-4-6-19(26)23(18)27)30-21(15-33)25(28-16)32-13-11-31(12-14-32)22-8-3-2-7-20(22)29-17-9-10-17;1-15-22(16-6-4-7-17(24)21(16)25)28-19(14-31)23(27-15)30-11-5-10-29(12-13-30)20-9-3-2-8-18(20)26;1-14-21(17-6-3-7-18(23)20(17)24)27-19(13-30)22(26-14)29-10-8-28(9-11-29)16-5-2-4-15(25)12-16;1-14-21(15-5-4-6-16(23)20(15)24)27-18(13-30)22(26-14)29-11-9-28(10-12-29)19-8-3-2-7-17(19)25/h2-8,17,29,33H,9-15H2,1H3;2-4,6-9,31H,5,10-14,26H2,1H3;2-7,12,30H,8-11,13,25H2,1H3;2-8,30H,9-13,25H2,1H3. The average molecular weight is 1830 g/mol. The monoisotopic (exact) mass is 1830 g/mol. The van der Waals surface area contributed by atoms with Crippen LogP contribution in [-0.4, -0.2) is 171 Å². The first-order valence-electron chi connectivity index (χ1n) is 41.1. The summed E-state index contributed by atoms with van der Waals surface area (Å²) in [6.45, 7) is 19.8. The van der Waals surface area contributed by atoms with E-state index in [9.17, 15) is 20.4 Å². The van der Waals surface area contributed by atoms with E-state index in [1.165, 1.54) is 24.2 Å². The number of benzene rings is 8. The number of nitrogens with one attached hydrogen (secondary N) is 1. The first-order valence-corrected chi connectivity index (χ1v) is 44.1. The Labute approximate surface area is 762 Å². The molecule has 11 N–H and O–H groups in total. The van der Waals surface area contributed by atoms with E-state index in [4.69, 9.17) is 150 Å². The van der Waals surface area contributed by atoms with Crippen LogP contribution < -0.4 is 61.7 Å². The molecule has 0 bridgehead atoms. The molecule has 5 fully saturated rings. The molecule has 4 aromatic heterocycles. The van der Waals surface area contributed by atoms with Crippen LogP contribution >= 0.6 is 92.8 Å². The van der Waals surface area contributed by atoms with E-state index in [0.717, 1.165) is 179 Å². The zero-order chi connectivity index (χ0) is 87.4. The minimum absolute atomic E-state index is 0.192. The molecule has 0 spiro atoms. The summed E-state index contributed by atoms with van der Waals surface area (Å²) >= 11 is 50.3. The summed E-state index contributed by atoms with van der Waals surface area (Å²) in [5, 5.41) is 47.4. The highest BCUT2D eigenvalue weighted by Crippen LogP contribution is 2.42. The highest BCUT2D eigenvalue weighted by molar-refractivity contribution is 6.45. The van der Waals surface area contributed by atoms with Gasteiger partial charge in [0.15, 0.2) is 23.3 Å². The first-order chi connectivity index (χ1) is 60.0. The zero-order valence-corrected chi connectivity index (χ0v) is 75.3. The fraction of sp³-hybridized carbons (Fsp3) is 0.304. The molecule has 24 nitrogen and oxygen atoms in total. The van der Waals surface area contributed by atoms with E-state index in [1.54, 1.807) is 24.3 Å². The van der Waals surface area contributed by atoms with Gasteiger partial charge in [-0.15, -0.1) is 0 Å². The lowest BCUT2D eigenvalue weighted by molar-refractivity contribution is 0.276. The van der Waals surface area contributed by atoms with Crippen molar-refractivity contribution in [3.63, 3.8) is 0 Å². The summed E-state index contributed by atoms with van der Waals surface area (Å²) in [5.74, 6) is 2.87. The zero-order valence-electron chi connectivity index (χ0n) is 69.2. The van der Waals surface area contributed by atoms with Crippen LogP contribution in [0.2, 0.25) is 40.2 Å². The summed E-state index contributed by atoms with van der Waals surface area (Å²) in [4.78, 5) is 56.1. The van der Waals surface area contributed by atoms with Crippen molar-refractivity contribution in [1.82, 2.24) is 39.9 Å². The number of nitrogens with two attached hydrogens (primary N) is 3. The minimum atomic E-state index is -0.209. The van der Waals surface area contributed by atoms with E-state index in [1.807, 2.05) is 137 Å². The summed E-state index contributed by atoms with van der Waals surface area (Å²) in [7, 11) is 0. The SMILES string of the molecule is Cc1nc(N2CCCN(c3ccccc3N)CC2)c(CO)nc1-c1cccc(Cl)c1Cl.Cc1nc(N2CCN(c3cccc(N)c3)CC2)c(CO)nc1-c1cccc(Cl)c1Cl.Cc1nc(N2CCN(c3ccccc3N)CC2)c(CO)nc1-c1cccc(Cl)c1Cl.Cc1nc(N2CCN(c3ccccc3NC3CC3)CC2)c(CO)nc1-c1cccc(Cl)c1Cl. The van der Waals surface area contributed by atoms with Crippen LogP contribution in [-0.2, 0) is 26.4 Å². The van der Waals surface area contributed by atoms with Gasteiger partial charge >= 0.3 is 0 Å². The van der Waals surface area contributed by atoms with Crippen molar-refractivity contribution in [2.45, 2.75) is 79.4 Å². The number of hydrogen-bond acceptors (Lipinski definition) is 24. The smallest absolute Gasteiger partial charge is 0.153 e. The van der Waals surface area contributed by atoms with Gasteiger partial charge in [0.1, 0.15) is 22.8 Å². The van der Waals surface area contributed by atoms with Gasteiger partial charge in [0.2, 0.25) is 0 Å². The predicted octanol–water partition coefficient (Wildman–Crippen LogP) is 18.0. The number of halogens is 8. The Kier molecular flexibility index (Phi) is 30.0. The Morgan fingerprint density at radius 1 is 0.315 bits per heavy atom. The number of para-hydroxylation sites is 6. The summed E-state index contributed by atoms with van der Waals surface area (Å²) in [6, 6.07) is 54.6. The van der Waals surface area contributed by atoms with Crippen molar-refractivity contribution in [3.8, 4) is 45.0 Å². The van der Waals surface area contributed by atoms with Crippen LogP contribution in [0.25, 0.3) is 45.0 Å². The van der Waals surface area contributed by atoms with Crippen molar-refractivity contribution >= 4 is 162 Å². The van der Waals surface area contributed by atoms with Crippen molar-refractivity contribution in [1.29, 1.82) is 0 Å². The number of aromatic nitrogens is 8. The lowest BCUT2D eigenvalue weighted by Crippen LogP contribution is -2.47. The molecule has 5 aliphatic rings. The Balaban J connectivity index is 0.000000135. The molecule has 0 atom stereocenters. The number of hydrogen-bond donors (Lipinski definition) is 8. The fourth-order valence-corrected chi connectivity index (χ4v) is 17.4. The van der Waals surface area contributed by atoms with E-state index in [2.05, 4.69) is 80.9 Å². The van der Waals surface area contributed by atoms with Gasteiger partial charge in [0.25, 0.3) is 0 Å². The van der Waals surface area contributed by atoms with Crippen LogP contribution in [0.3, 0.4) is 0 Å². The number of nitrogen functional groups attached to an aromatic ring is 3. The van der Waals surface area contributed by atoms with Gasteiger partial charge in [-0.25, -0.2) is 39.9 Å². The molecule has 8 heterocycles. The van der Waals surface area contributed by atoms with Gasteiger partial charge in [0, 0.05) is 144 Å². The molecule has 1 saturated carbocycles. The number of nitrogens with zero attached hydrogens (tertiary/aromatic N) is 16. The normalized spacial score (nSPS) is 14.9. The third kappa shape index (κ3) is 20.8. The number of aliphatic hydroxyl groups excluding tert-OH is 4. The van der Waals surface area contributed by atoms with Gasteiger partial charge < -0.3 is 82.1 Å². The molecule has 4 saturated heterocycles. The topological polar surface area (TPSA) is 300 Å². The molecule has 124 heavy (non-hydrogen) atoms. The van der Waals surface area contributed by atoms with E-state index >= 15 is 0 Å². The molecular weight excluding hydrogens is 1730 g/mol. The predicted molar refractivity (Wildman–Crippen MR) is 511 cm³/mol. The second-order valence-electron chi connectivity index (χ2n) is 30.6. The highest BCUT2D eigenvalue weighted by Gasteiger charge is 2.31. The molecule has 0 radical (unpaired) electrons. The molecule has 8 aromatic carbocycles. The summed E-state index contributed by atoms with van der Waals surface area (Å²) in [5.41, 5.74) is 36.7. The second kappa shape index (κ2) is 41.3. The van der Waals surface area contributed by atoms with Gasteiger partial charge in [-0.1, -0.05) is 184 Å². The molecule has 17 rings (SSSR count). The molecule has 12 aromatic rings. The second-order valence-corrected chi connectivity index (χ2v) is 33.8. The number of piperazine rings is 3. The van der Waals surface area contributed by atoms with Gasteiger partial charge in [0.05, 0.1) is 146 Å². The highest BCUT2D eigenvalue weighted by atomic mass is 35.5. The maximum absolute atomic E-state index is 10.1. The van der Waals surface area contributed by atoms with Crippen molar-refractivity contribution in [3.05, 3.63) is 256 Å². The van der Waals surface area contributed by atoms with Gasteiger partial charge in [-0.3, -0.25) is 0 Å². The van der Waals surface area contributed by atoms with Crippen LogP contribution in [0.4, 0.5) is 68.8 Å². The Bertz CT molecular complexity index is 5780. The third-order valence-electron chi connectivity index (χ3n) is 22.4. The van der Waals surface area contributed by atoms with E-state index in [0.29, 0.717) is 126 Å². The molecule has 1 aliphatic carbocycles. The minimum Gasteiger partial charge on any atom is -0.399 e. The summed E-state index contributed by atoms with van der Waals surface area (Å²) < 4.78 is 0. The molecule has 32 heteroatoms. The number of anilines is 12. The lowest BCUT2D eigenvalue weighted by atomic mass is 10.1. The Morgan fingerprint density at radius 2 is 0.597 bits per heavy atom. The number of aryl methyl sites for hydroxylation is 4. The van der Waals surface area contributed by atoms with Crippen LogP contribution in [0.5, 0.6) is 0 Å². The maximum atomic E-state index is 10.1. The summed E-state index contributed by atoms with van der Waals surface area (Å²) in [6.07, 6.45) is 3.45. The Hall–Kier alpha value is -10.2. The van der Waals surface area contributed by atoms with Gasteiger partial charge in [-0.05, 0) is 126 Å². The largest absolute Gasteiger partial charge is 0.399 e. The Morgan fingerprint density at radius 3 is 0.927 bits per heavy atom. The van der Waals surface area contributed by atoms with E-state index < -0.39 is 0 Å². The quantitative estimate of drug-likeness (QED) is 0.0370. The van der Waals surface area contributed by atoms with Crippen molar-refractivity contribution in [2.75, 3.05) is 166 Å². The maximum Gasteiger partial charge on any atom is 0.153 e. The molecule has 646 valence electrons. The fourth-order valence-electron chi connectivity index (χ4n) is 15.8. The van der Waals surface area contributed by atoms with Crippen LogP contribution in [0.1, 0.15) is 64.8 Å². The van der Waals surface area contributed by atoms with Gasteiger partial charge in [-0.2, -0.15) is 0 Å². The molecule has 4 aliphatic heterocycles. The molecule has 0 amide bonds. The van der Waals surface area contributed by atoms with Crippen molar-refractivity contribution in [2.24, 2.45) is 0 Å². The lowest BCUT2D eigenvalue weighted by Gasteiger charge is -2.38. The van der Waals surface area contributed by atoms with Crippen molar-refractivity contribution < 1.29 is 20.4 Å². The molecule has 0 unspecified atom stereocenters. The third-order valence-corrected chi connectivity index (χ3v) is 25.7. The van der Waals surface area contributed by atoms with E-state index in [-0.39, 0.29) is 26.4 Å². The number of rotatable bonds is 18. The number of aliphatic hydroxyl groups is 4. The first kappa shape index (κ1) is 90.1.